The van der Waals surface area contributed by atoms with Crippen molar-refractivity contribution in [3.8, 4) is 28.1 Å². The van der Waals surface area contributed by atoms with Crippen LogP contribution in [0.2, 0.25) is 0 Å². The van der Waals surface area contributed by atoms with Gasteiger partial charge >= 0.3 is 5.97 Å². The number of nitrogens with one attached hydrogen (secondary N) is 1. The number of unbranched alkanes of at least 4 members (excludes halogenated alkanes) is 4. The zero-order chi connectivity index (χ0) is 31.5. The molecule has 0 spiro atoms. The van der Waals surface area contributed by atoms with Crippen LogP contribution in [0.3, 0.4) is 0 Å². The summed E-state index contributed by atoms with van der Waals surface area (Å²) in [6.07, 6.45) is 8.12. The second-order valence-corrected chi connectivity index (χ2v) is 12.3. The monoisotopic (exact) mass is 592 g/mol. The standard InChI is InChI=1S/C38H44N2O4/c1-5-6-7-8-9-24-44-33-21-16-28(17-22-33)31-18-23-34(39-26-31)29-12-10-27(11-13-29)25-35(37(42)43)40-36(41)30-14-19-32(20-15-30)38(2,3)4/h10-23,26,35H,5-9,24-25H2,1-4H3,(H,40,41)(H,42,43). The molecule has 4 aromatic rings. The quantitative estimate of drug-likeness (QED) is 0.143. The Morgan fingerprint density at radius 1 is 0.795 bits per heavy atom. The smallest absolute Gasteiger partial charge is 0.326 e. The Bertz CT molecular complexity index is 1490. The summed E-state index contributed by atoms with van der Waals surface area (Å²) in [4.78, 5) is 29.4. The van der Waals surface area contributed by atoms with Gasteiger partial charge in [0, 0.05) is 29.3 Å². The maximum atomic E-state index is 12.8. The number of nitrogens with zero attached hydrogens (tertiary/aromatic N) is 1. The third-order valence-corrected chi connectivity index (χ3v) is 7.77. The lowest BCUT2D eigenvalue weighted by atomic mass is 9.86. The van der Waals surface area contributed by atoms with Crippen molar-refractivity contribution < 1.29 is 19.4 Å². The van der Waals surface area contributed by atoms with E-state index in [1.54, 1.807) is 12.1 Å². The first-order chi connectivity index (χ1) is 21.1. The maximum absolute atomic E-state index is 12.8. The Kier molecular flexibility index (Phi) is 11.3. The third-order valence-electron chi connectivity index (χ3n) is 7.77. The molecule has 0 bridgehead atoms. The molecule has 1 amide bonds. The van der Waals surface area contributed by atoms with E-state index >= 15 is 0 Å². The number of hydrogen-bond acceptors (Lipinski definition) is 4. The summed E-state index contributed by atoms with van der Waals surface area (Å²) in [7, 11) is 0. The summed E-state index contributed by atoms with van der Waals surface area (Å²) < 4.78 is 5.88. The van der Waals surface area contributed by atoms with E-state index in [1.807, 2.05) is 66.9 Å². The molecule has 4 rings (SSSR count). The average Bonchev–Trinajstić information content (AvgIpc) is 3.03. The van der Waals surface area contributed by atoms with Crippen molar-refractivity contribution in [2.45, 2.75) is 77.7 Å². The van der Waals surface area contributed by atoms with Gasteiger partial charge in [0.05, 0.1) is 12.3 Å². The number of aliphatic carboxylic acids is 1. The number of carbonyl (C=O) groups excluding carboxylic acids is 1. The van der Waals surface area contributed by atoms with Gasteiger partial charge in [0.15, 0.2) is 0 Å². The van der Waals surface area contributed by atoms with Gasteiger partial charge in [-0.1, -0.05) is 108 Å². The zero-order valence-corrected chi connectivity index (χ0v) is 26.3. The van der Waals surface area contributed by atoms with Crippen molar-refractivity contribution in [2.24, 2.45) is 0 Å². The number of pyridine rings is 1. The highest BCUT2D eigenvalue weighted by Crippen LogP contribution is 2.26. The summed E-state index contributed by atoms with van der Waals surface area (Å²) in [5.41, 5.74) is 6.16. The van der Waals surface area contributed by atoms with Crippen molar-refractivity contribution in [3.05, 3.63) is 108 Å². The molecule has 0 saturated heterocycles. The number of benzene rings is 3. The number of ether oxygens (including phenoxy) is 1. The largest absolute Gasteiger partial charge is 0.494 e. The predicted octanol–water partition coefficient (Wildman–Crippen LogP) is 8.49. The van der Waals surface area contributed by atoms with Crippen LogP contribution < -0.4 is 10.1 Å². The molecule has 0 radical (unpaired) electrons. The summed E-state index contributed by atoms with van der Waals surface area (Å²) in [6.45, 7) is 9.28. The molecule has 1 atom stereocenters. The molecule has 0 fully saturated rings. The van der Waals surface area contributed by atoms with Crippen LogP contribution in [0.1, 0.15) is 81.3 Å². The molecule has 6 heteroatoms. The number of hydrogen-bond donors (Lipinski definition) is 2. The molecule has 3 aromatic carbocycles. The molecule has 2 N–H and O–H groups in total. The summed E-state index contributed by atoms with van der Waals surface area (Å²) in [5, 5.41) is 12.5. The van der Waals surface area contributed by atoms with Crippen molar-refractivity contribution >= 4 is 11.9 Å². The van der Waals surface area contributed by atoms with Crippen LogP contribution in [0.4, 0.5) is 0 Å². The van der Waals surface area contributed by atoms with E-state index in [0.29, 0.717) is 5.56 Å². The highest BCUT2D eigenvalue weighted by atomic mass is 16.5. The minimum absolute atomic E-state index is 0.0307. The maximum Gasteiger partial charge on any atom is 0.326 e. The summed E-state index contributed by atoms with van der Waals surface area (Å²) in [5.74, 6) is -0.597. The molecule has 6 nitrogen and oxygen atoms in total. The van der Waals surface area contributed by atoms with Gasteiger partial charge in [0.1, 0.15) is 11.8 Å². The number of carboxylic acid groups (broad SMARTS) is 1. The normalized spacial score (nSPS) is 12.0. The van der Waals surface area contributed by atoms with Crippen molar-refractivity contribution in [3.63, 3.8) is 0 Å². The molecular weight excluding hydrogens is 548 g/mol. The number of carbonyl (C=O) groups is 2. The number of aromatic nitrogens is 1. The fraction of sp³-hybridized carbons (Fsp3) is 0.342. The number of rotatable bonds is 14. The van der Waals surface area contributed by atoms with Crippen LogP contribution in [0.25, 0.3) is 22.4 Å². The van der Waals surface area contributed by atoms with Crippen LogP contribution in [0.15, 0.2) is 91.1 Å². The molecule has 0 aliphatic heterocycles. The van der Waals surface area contributed by atoms with Gasteiger partial charge in [-0.25, -0.2) is 4.79 Å². The van der Waals surface area contributed by atoms with Gasteiger partial charge in [0.2, 0.25) is 0 Å². The minimum Gasteiger partial charge on any atom is -0.494 e. The fourth-order valence-electron chi connectivity index (χ4n) is 4.99. The van der Waals surface area contributed by atoms with Crippen LogP contribution >= 0.6 is 0 Å². The van der Waals surface area contributed by atoms with E-state index in [9.17, 15) is 14.7 Å². The molecule has 1 unspecified atom stereocenters. The van der Waals surface area contributed by atoms with E-state index < -0.39 is 17.9 Å². The summed E-state index contributed by atoms with van der Waals surface area (Å²) >= 11 is 0. The zero-order valence-electron chi connectivity index (χ0n) is 26.3. The third kappa shape index (κ3) is 9.27. The lowest BCUT2D eigenvalue weighted by Gasteiger charge is -2.19. The molecule has 44 heavy (non-hydrogen) atoms. The van der Waals surface area contributed by atoms with Gasteiger partial charge in [-0.3, -0.25) is 9.78 Å². The minimum atomic E-state index is -1.08. The van der Waals surface area contributed by atoms with Gasteiger partial charge < -0.3 is 15.2 Å². The molecular formula is C38H44N2O4. The average molecular weight is 593 g/mol. The molecule has 0 aliphatic carbocycles. The van der Waals surface area contributed by atoms with E-state index in [-0.39, 0.29) is 11.8 Å². The van der Waals surface area contributed by atoms with Crippen LogP contribution in [0, 0.1) is 0 Å². The second kappa shape index (κ2) is 15.3. The lowest BCUT2D eigenvalue weighted by molar-refractivity contribution is -0.139. The molecule has 1 aromatic heterocycles. The van der Waals surface area contributed by atoms with Crippen LogP contribution in [-0.2, 0) is 16.6 Å². The van der Waals surface area contributed by atoms with E-state index in [4.69, 9.17) is 4.74 Å². The first-order valence-corrected chi connectivity index (χ1v) is 15.6. The topological polar surface area (TPSA) is 88.5 Å². The van der Waals surface area contributed by atoms with Crippen LogP contribution in [0.5, 0.6) is 5.75 Å². The molecule has 1 heterocycles. The molecule has 0 saturated carbocycles. The second-order valence-electron chi connectivity index (χ2n) is 12.3. The van der Waals surface area contributed by atoms with Gasteiger partial charge in [-0.15, -0.1) is 0 Å². The number of carboxylic acids is 1. The van der Waals surface area contributed by atoms with Crippen molar-refractivity contribution in [1.29, 1.82) is 0 Å². The molecule has 230 valence electrons. The highest BCUT2D eigenvalue weighted by Gasteiger charge is 2.22. The van der Waals surface area contributed by atoms with Gasteiger partial charge in [-0.2, -0.15) is 0 Å². The van der Waals surface area contributed by atoms with E-state index in [0.717, 1.165) is 52.3 Å². The SMILES string of the molecule is CCCCCCCOc1ccc(-c2ccc(-c3ccc(CC(NC(=O)c4ccc(C(C)(C)C)cc4)C(=O)O)cc3)nc2)cc1. The first-order valence-electron chi connectivity index (χ1n) is 15.6. The van der Waals surface area contributed by atoms with Gasteiger partial charge in [0.25, 0.3) is 5.91 Å². The van der Waals surface area contributed by atoms with Crippen LogP contribution in [-0.4, -0.2) is 34.6 Å². The lowest BCUT2D eigenvalue weighted by Crippen LogP contribution is -2.42. The van der Waals surface area contributed by atoms with E-state index in [2.05, 4.69) is 50.1 Å². The predicted molar refractivity (Wildman–Crippen MR) is 177 cm³/mol. The Morgan fingerprint density at radius 2 is 1.43 bits per heavy atom. The Labute approximate surface area is 261 Å². The van der Waals surface area contributed by atoms with Crippen molar-refractivity contribution in [2.75, 3.05) is 6.61 Å². The Morgan fingerprint density at radius 3 is 2.02 bits per heavy atom. The Balaban J connectivity index is 1.32. The first kappa shape index (κ1) is 32.5. The summed E-state index contributed by atoms with van der Waals surface area (Å²) in [6, 6.07) is 26.0. The van der Waals surface area contributed by atoms with Crippen molar-refractivity contribution in [1.82, 2.24) is 10.3 Å². The fourth-order valence-corrected chi connectivity index (χ4v) is 4.99. The highest BCUT2D eigenvalue weighted by molar-refractivity contribution is 5.96. The van der Waals surface area contributed by atoms with Gasteiger partial charge in [-0.05, 0) is 58.9 Å². The number of amides is 1. The van der Waals surface area contributed by atoms with E-state index in [1.165, 1.54) is 25.7 Å². The Hall–Kier alpha value is -4.45. The molecule has 0 aliphatic rings.